The summed E-state index contributed by atoms with van der Waals surface area (Å²) >= 11 is 0. The maximum Gasteiger partial charge on any atom is 0.332 e. The van der Waals surface area contributed by atoms with E-state index in [1.807, 2.05) is 6.26 Å². The standard InChI is InChI=1S/C18H21O/c1-2-8-18-16-12-7-6-11-15(16)17(13-19-18)14-9-4-3-5-10-14/h3-5,9-10,13H,2,6-8,11-12H2,1H3/q+1. The summed E-state index contributed by atoms with van der Waals surface area (Å²) in [7, 11) is 0. The fourth-order valence-electron chi connectivity index (χ4n) is 3.08. The molecule has 0 saturated heterocycles. The van der Waals surface area contributed by atoms with Gasteiger partial charge in [-0.3, -0.25) is 0 Å². The van der Waals surface area contributed by atoms with E-state index in [-0.39, 0.29) is 0 Å². The van der Waals surface area contributed by atoms with Gasteiger partial charge >= 0.3 is 12.0 Å². The molecule has 98 valence electrons. The Bertz CT molecular complexity index is 557. The van der Waals surface area contributed by atoms with E-state index in [1.54, 1.807) is 0 Å². The Balaban J connectivity index is 2.11. The SMILES string of the molecule is CCCc1[o+]cc(-c2ccccc2)c2c1CCCC2. The maximum absolute atomic E-state index is 5.95. The Hall–Kier alpha value is -1.63. The molecular weight excluding hydrogens is 232 g/mol. The summed E-state index contributed by atoms with van der Waals surface area (Å²) < 4.78 is 5.95. The highest BCUT2D eigenvalue weighted by Crippen LogP contribution is 2.34. The minimum atomic E-state index is 1.07. The van der Waals surface area contributed by atoms with Crippen molar-refractivity contribution in [2.24, 2.45) is 0 Å². The lowest BCUT2D eigenvalue weighted by atomic mass is 9.86. The summed E-state index contributed by atoms with van der Waals surface area (Å²) in [6, 6.07) is 10.6. The van der Waals surface area contributed by atoms with Gasteiger partial charge in [-0.15, -0.1) is 0 Å². The van der Waals surface area contributed by atoms with Gasteiger partial charge in [0.2, 0.25) is 0 Å². The Morgan fingerprint density at radius 3 is 2.47 bits per heavy atom. The van der Waals surface area contributed by atoms with Gasteiger partial charge in [0.05, 0.1) is 17.5 Å². The molecule has 0 aliphatic heterocycles. The van der Waals surface area contributed by atoms with Crippen LogP contribution in [0.5, 0.6) is 0 Å². The van der Waals surface area contributed by atoms with Gasteiger partial charge in [0.15, 0.2) is 0 Å². The van der Waals surface area contributed by atoms with Crippen LogP contribution in [0.4, 0.5) is 0 Å². The molecule has 2 aromatic rings. The first-order valence-corrected chi connectivity index (χ1v) is 7.41. The number of benzene rings is 1. The van der Waals surface area contributed by atoms with Crippen LogP contribution < -0.4 is 0 Å². The molecule has 1 aromatic carbocycles. The van der Waals surface area contributed by atoms with Crippen LogP contribution in [0.25, 0.3) is 11.1 Å². The zero-order valence-corrected chi connectivity index (χ0v) is 11.6. The lowest BCUT2D eigenvalue weighted by molar-refractivity contribution is 0.471. The van der Waals surface area contributed by atoms with E-state index in [4.69, 9.17) is 4.42 Å². The monoisotopic (exact) mass is 253 g/mol. The number of aryl methyl sites for hydroxylation is 1. The van der Waals surface area contributed by atoms with Crippen LogP contribution in [-0.4, -0.2) is 0 Å². The molecule has 0 atom stereocenters. The van der Waals surface area contributed by atoms with E-state index in [0.29, 0.717) is 0 Å². The first-order chi connectivity index (χ1) is 9.40. The summed E-state index contributed by atoms with van der Waals surface area (Å²) in [5, 5.41) is 0. The van der Waals surface area contributed by atoms with Crippen molar-refractivity contribution in [2.45, 2.75) is 45.4 Å². The van der Waals surface area contributed by atoms with Crippen LogP contribution in [0.15, 0.2) is 41.0 Å². The number of fused-ring (bicyclic) bond motifs is 1. The molecule has 1 aliphatic rings. The second kappa shape index (κ2) is 5.56. The average Bonchev–Trinajstić information content (AvgIpc) is 2.49. The van der Waals surface area contributed by atoms with Gasteiger partial charge in [-0.25, -0.2) is 4.42 Å². The third kappa shape index (κ3) is 2.42. The van der Waals surface area contributed by atoms with Crippen LogP contribution in [-0.2, 0) is 19.3 Å². The van der Waals surface area contributed by atoms with Crippen molar-refractivity contribution in [3.8, 4) is 11.1 Å². The van der Waals surface area contributed by atoms with Gasteiger partial charge in [0.1, 0.15) is 0 Å². The van der Waals surface area contributed by atoms with Crippen molar-refractivity contribution in [3.63, 3.8) is 0 Å². The Morgan fingerprint density at radius 1 is 1.00 bits per heavy atom. The highest BCUT2D eigenvalue weighted by atomic mass is 16.3. The molecule has 0 N–H and O–H groups in total. The molecule has 0 radical (unpaired) electrons. The van der Waals surface area contributed by atoms with Gasteiger partial charge in [-0.05, 0) is 43.2 Å². The molecule has 0 amide bonds. The minimum Gasteiger partial charge on any atom is -0.220 e. The minimum absolute atomic E-state index is 1.07. The van der Waals surface area contributed by atoms with E-state index in [1.165, 1.54) is 53.7 Å². The number of hydrogen-bond acceptors (Lipinski definition) is 0. The van der Waals surface area contributed by atoms with Crippen LogP contribution >= 0.6 is 0 Å². The molecule has 1 heterocycles. The topological polar surface area (TPSA) is 11.3 Å². The van der Waals surface area contributed by atoms with E-state index < -0.39 is 0 Å². The van der Waals surface area contributed by atoms with Crippen molar-refractivity contribution >= 4 is 0 Å². The molecule has 0 spiro atoms. The molecule has 1 aliphatic carbocycles. The highest BCUT2D eigenvalue weighted by molar-refractivity contribution is 5.68. The largest absolute Gasteiger partial charge is 0.332 e. The normalized spacial score (nSPS) is 14.2. The number of hydrogen-bond donors (Lipinski definition) is 0. The number of rotatable bonds is 3. The summed E-state index contributed by atoms with van der Waals surface area (Å²) in [4.78, 5) is 0. The Morgan fingerprint density at radius 2 is 1.74 bits per heavy atom. The van der Waals surface area contributed by atoms with Gasteiger partial charge in [0, 0.05) is 0 Å². The first kappa shape index (κ1) is 12.4. The maximum atomic E-state index is 5.95. The van der Waals surface area contributed by atoms with Crippen LogP contribution in [0.2, 0.25) is 0 Å². The zero-order chi connectivity index (χ0) is 13.1. The van der Waals surface area contributed by atoms with E-state index in [2.05, 4.69) is 37.3 Å². The van der Waals surface area contributed by atoms with E-state index in [0.717, 1.165) is 12.8 Å². The van der Waals surface area contributed by atoms with Crippen molar-refractivity contribution in [3.05, 3.63) is 53.5 Å². The summed E-state index contributed by atoms with van der Waals surface area (Å²) in [6.45, 7) is 2.22. The lowest BCUT2D eigenvalue weighted by Gasteiger charge is -2.16. The lowest BCUT2D eigenvalue weighted by Crippen LogP contribution is -2.08. The molecule has 1 heteroatoms. The van der Waals surface area contributed by atoms with Gasteiger partial charge in [-0.2, -0.15) is 0 Å². The molecule has 1 aromatic heterocycles. The van der Waals surface area contributed by atoms with Crippen molar-refractivity contribution in [2.75, 3.05) is 0 Å². The summed E-state index contributed by atoms with van der Waals surface area (Å²) in [5.41, 5.74) is 5.62. The molecule has 0 bridgehead atoms. The fourth-order valence-corrected chi connectivity index (χ4v) is 3.08. The van der Waals surface area contributed by atoms with Gasteiger partial charge in [-0.1, -0.05) is 37.3 Å². The molecule has 0 unspecified atom stereocenters. The third-order valence-electron chi connectivity index (χ3n) is 4.01. The second-order valence-electron chi connectivity index (χ2n) is 5.35. The highest BCUT2D eigenvalue weighted by Gasteiger charge is 2.25. The molecule has 3 rings (SSSR count). The van der Waals surface area contributed by atoms with E-state index in [9.17, 15) is 0 Å². The quantitative estimate of drug-likeness (QED) is 0.696. The average molecular weight is 253 g/mol. The molecule has 0 fully saturated rings. The van der Waals surface area contributed by atoms with Gasteiger partial charge in [0.25, 0.3) is 0 Å². The van der Waals surface area contributed by atoms with Crippen molar-refractivity contribution in [1.82, 2.24) is 0 Å². The van der Waals surface area contributed by atoms with Crippen molar-refractivity contribution < 1.29 is 4.42 Å². The molecule has 19 heavy (non-hydrogen) atoms. The Labute approximate surface area is 115 Å². The fraction of sp³-hybridized carbons (Fsp3) is 0.389. The summed E-state index contributed by atoms with van der Waals surface area (Å²) in [5.74, 6) is 1.22. The molecule has 1 nitrogen and oxygen atoms in total. The predicted octanol–water partition coefficient (Wildman–Crippen LogP) is 5.06. The van der Waals surface area contributed by atoms with E-state index >= 15 is 0 Å². The van der Waals surface area contributed by atoms with Crippen LogP contribution in [0.3, 0.4) is 0 Å². The zero-order valence-electron chi connectivity index (χ0n) is 11.6. The predicted molar refractivity (Wildman–Crippen MR) is 79.2 cm³/mol. The van der Waals surface area contributed by atoms with Gasteiger partial charge < -0.3 is 0 Å². The smallest absolute Gasteiger partial charge is 0.220 e. The Kier molecular flexibility index (Phi) is 3.63. The third-order valence-corrected chi connectivity index (χ3v) is 4.01. The second-order valence-corrected chi connectivity index (χ2v) is 5.35. The van der Waals surface area contributed by atoms with Crippen LogP contribution in [0, 0.1) is 0 Å². The molecule has 0 saturated carbocycles. The van der Waals surface area contributed by atoms with Crippen molar-refractivity contribution in [1.29, 1.82) is 0 Å². The molecular formula is C18H21O+. The summed E-state index contributed by atoms with van der Waals surface area (Å²) in [6.07, 6.45) is 9.20. The van der Waals surface area contributed by atoms with Crippen LogP contribution in [0.1, 0.15) is 43.1 Å². The first-order valence-electron chi connectivity index (χ1n) is 7.41.